The molecule has 1 N–H and O–H groups in total. The van der Waals surface area contributed by atoms with Crippen molar-refractivity contribution in [3.05, 3.63) is 23.8 Å². The third kappa shape index (κ3) is 5.16. The van der Waals surface area contributed by atoms with Crippen LogP contribution in [0.25, 0.3) is 0 Å². The summed E-state index contributed by atoms with van der Waals surface area (Å²) in [6, 6.07) is 0. The Morgan fingerprint density at radius 3 is 2.67 bits per heavy atom. The van der Waals surface area contributed by atoms with Crippen LogP contribution in [0.4, 0.5) is 0 Å². The quantitative estimate of drug-likeness (QED) is 0.639. The summed E-state index contributed by atoms with van der Waals surface area (Å²) in [5.74, 6) is 0.776. The average molecular weight is 419 g/mol. The van der Waals surface area contributed by atoms with Gasteiger partial charge in [-0.1, -0.05) is 39.0 Å². The molecule has 2 aliphatic carbocycles. The zero-order chi connectivity index (χ0) is 22.1. The number of fused-ring (bicyclic) bond motifs is 1. The van der Waals surface area contributed by atoms with Crippen molar-refractivity contribution in [3.8, 4) is 0 Å². The lowest BCUT2D eigenvalue weighted by molar-refractivity contribution is -0.166. The van der Waals surface area contributed by atoms with E-state index in [0.29, 0.717) is 24.2 Å². The zero-order valence-electron chi connectivity index (χ0n) is 19.1. The van der Waals surface area contributed by atoms with E-state index in [9.17, 15) is 14.7 Å². The van der Waals surface area contributed by atoms with Gasteiger partial charge in [0.25, 0.3) is 0 Å². The highest BCUT2D eigenvalue weighted by Gasteiger charge is 2.43. The standard InChI is InChI=1S/C25H38O5/c1-6-25(4,5)24(28)30-21-12-15(2)11-17-8-7-16(3)20(23(17)21)10-9-19-13-18(26)14-22(27)29-19/h7-8,11,15-16,18-21,23,26H,6,9-10,12-14H2,1-5H3/t15-,16?,18?,19?,20-,21-,23?/m0/s1. The van der Waals surface area contributed by atoms with E-state index in [1.165, 1.54) is 5.57 Å². The van der Waals surface area contributed by atoms with Crippen molar-refractivity contribution in [1.29, 1.82) is 0 Å². The van der Waals surface area contributed by atoms with E-state index in [1.807, 2.05) is 20.8 Å². The zero-order valence-corrected chi connectivity index (χ0v) is 19.1. The second-order valence-corrected chi connectivity index (χ2v) is 10.3. The third-order valence-electron chi connectivity index (χ3n) is 7.35. The van der Waals surface area contributed by atoms with Gasteiger partial charge in [-0.25, -0.2) is 0 Å². The normalized spacial score (nSPS) is 36.5. The van der Waals surface area contributed by atoms with Gasteiger partial charge in [-0.15, -0.1) is 0 Å². The van der Waals surface area contributed by atoms with Gasteiger partial charge < -0.3 is 14.6 Å². The molecular weight excluding hydrogens is 380 g/mol. The second-order valence-electron chi connectivity index (χ2n) is 10.3. The summed E-state index contributed by atoms with van der Waals surface area (Å²) in [6.45, 7) is 10.3. The van der Waals surface area contributed by atoms with Crippen LogP contribution in [0, 0.1) is 29.1 Å². The average Bonchev–Trinajstić information content (AvgIpc) is 2.66. The summed E-state index contributed by atoms with van der Waals surface area (Å²) in [6.07, 6.45) is 9.61. The van der Waals surface area contributed by atoms with E-state index in [1.54, 1.807) is 0 Å². The van der Waals surface area contributed by atoms with Gasteiger partial charge in [0.05, 0.1) is 17.9 Å². The molecule has 5 nitrogen and oxygen atoms in total. The molecule has 0 bridgehead atoms. The highest BCUT2D eigenvalue weighted by atomic mass is 16.6. The smallest absolute Gasteiger partial charge is 0.311 e. The molecule has 3 aliphatic rings. The van der Waals surface area contributed by atoms with E-state index in [4.69, 9.17) is 9.47 Å². The van der Waals surface area contributed by atoms with Crippen molar-refractivity contribution < 1.29 is 24.2 Å². The highest BCUT2D eigenvalue weighted by Crippen LogP contribution is 2.45. The number of hydrogen-bond donors (Lipinski definition) is 1. The van der Waals surface area contributed by atoms with Gasteiger partial charge in [-0.05, 0) is 62.9 Å². The van der Waals surface area contributed by atoms with E-state index in [0.717, 1.165) is 25.7 Å². The van der Waals surface area contributed by atoms with Crippen LogP contribution in [0.2, 0.25) is 0 Å². The van der Waals surface area contributed by atoms with Crippen LogP contribution in [-0.2, 0) is 19.1 Å². The first-order valence-corrected chi connectivity index (χ1v) is 11.6. The van der Waals surface area contributed by atoms with Crippen LogP contribution < -0.4 is 0 Å². The summed E-state index contributed by atoms with van der Waals surface area (Å²) in [7, 11) is 0. The maximum Gasteiger partial charge on any atom is 0.311 e. The van der Waals surface area contributed by atoms with Crippen molar-refractivity contribution >= 4 is 11.9 Å². The third-order valence-corrected chi connectivity index (χ3v) is 7.35. The Hall–Kier alpha value is -1.62. The molecule has 0 saturated carbocycles. The summed E-state index contributed by atoms with van der Waals surface area (Å²) < 4.78 is 11.6. The lowest BCUT2D eigenvalue weighted by Gasteiger charge is -2.44. The first kappa shape index (κ1) is 23.1. The first-order valence-electron chi connectivity index (χ1n) is 11.6. The molecule has 0 radical (unpaired) electrons. The fourth-order valence-corrected chi connectivity index (χ4v) is 5.08. The molecule has 0 aromatic heterocycles. The largest absolute Gasteiger partial charge is 0.462 e. The van der Waals surface area contributed by atoms with Gasteiger partial charge in [-0.3, -0.25) is 9.59 Å². The van der Waals surface area contributed by atoms with Gasteiger partial charge >= 0.3 is 11.9 Å². The Morgan fingerprint density at radius 1 is 1.27 bits per heavy atom. The Bertz CT molecular complexity index is 706. The van der Waals surface area contributed by atoms with E-state index in [-0.39, 0.29) is 36.5 Å². The number of carbonyl (C=O) groups excluding carboxylic acids is 2. The fourth-order valence-electron chi connectivity index (χ4n) is 5.08. The van der Waals surface area contributed by atoms with Crippen molar-refractivity contribution in [2.45, 2.75) is 91.5 Å². The summed E-state index contributed by atoms with van der Waals surface area (Å²) in [5.41, 5.74) is 0.785. The van der Waals surface area contributed by atoms with E-state index < -0.39 is 11.5 Å². The molecule has 0 aromatic rings. The molecular formula is C25H38O5. The molecule has 30 heavy (non-hydrogen) atoms. The van der Waals surface area contributed by atoms with Gasteiger partial charge in [-0.2, -0.15) is 0 Å². The minimum atomic E-state index is -0.601. The minimum Gasteiger partial charge on any atom is -0.462 e. The SMILES string of the molecule is CCC(C)(C)C(=O)O[C@H]1C[C@@H](C)C=C2C=CC(C)[C@H](CCC3CC(O)CC(=O)O3)C21. The summed E-state index contributed by atoms with van der Waals surface area (Å²) in [5, 5.41) is 9.92. The number of esters is 2. The van der Waals surface area contributed by atoms with Crippen LogP contribution >= 0.6 is 0 Å². The van der Waals surface area contributed by atoms with Crippen LogP contribution in [0.5, 0.6) is 0 Å². The maximum atomic E-state index is 12.9. The van der Waals surface area contributed by atoms with Crippen molar-refractivity contribution in [1.82, 2.24) is 0 Å². The van der Waals surface area contributed by atoms with Gasteiger partial charge in [0.1, 0.15) is 12.2 Å². The van der Waals surface area contributed by atoms with E-state index in [2.05, 4.69) is 32.1 Å². The number of carbonyl (C=O) groups is 2. The molecule has 3 rings (SSSR count). The number of hydrogen-bond acceptors (Lipinski definition) is 5. The van der Waals surface area contributed by atoms with Crippen LogP contribution in [0.3, 0.4) is 0 Å². The number of allylic oxidation sites excluding steroid dienone is 3. The molecule has 1 saturated heterocycles. The molecule has 0 amide bonds. The Morgan fingerprint density at radius 2 is 2.00 bits per heavy atom. The van der Waals surface area contributed by atoms with Crippen molar-refractivity contribution in [2.75, 3.05) is 0 Å². The van der Waals surface area contributed by atoms with Crippen LogP contribution in [0.1, 0.15) is 73.1 Å². The Balaban J connectivity index is 1.76. The summed E-state index contributed by atoms with van der Waals surface area (Å²) >= 11 is 0. The lowest BCUT2D eigenvalue weighted by Crippen LogP contribution is -2.43. The van der Waals surface area contributed by atoms with Gasteiger partial charge in [0.2, 0.25) is 0 Å². The molecule has 168 valence electrons. The number of ether oxygens (including phenoxy) is 2. The molecule has 0 aromatic carbocycles. The van der Waals surface area contributed by atoms with Crippen molar-refractivity contribution in [3.63, 3.8) is 0 Å². The molecule has 1 fully saturated rings. The first-order chi connectivity index (χ1) is 14.1. The minimum absolute atomic E-state index is 0.0949. The number of rotatable bonds is 6. The van der Waals surface area contributed by atoms with Gasteiger partial charge in [0, 0.05) is 12.3 Å². The topological polar surface area (TPSA) is 72.8 Å². The van der Waals surface area contributed by atoms with Crippen LogP contribution in [-0.4, -0.2) is 35.4 Å². The predicted octanol–water partition coefficient (Wildman–Crippen LogP) is 4.59. The lowest BCUT2D eigenvalue weighted by atomic mass is 9.65. The molecule has 1 aliphatic heterocycles. The molecule has 0 spiro atoms. The predicted molar refractivity (Wildman–Crippen MR) is 115 cm³/mol. The fraction of sp³-hybridized carbons (Fsp3) is 0.760. The monoisotopic (exact) mass is 418 g/mol. The summed E-state index contributed by atoms with van der Waals surface area (Å²) in [4.78, 5) is 24.6. The maximum absolute atomic E-state index is 12.9. The second kappa shape index (κ2) is 9.25. The van der Waals surface area contributed by atoms with E-state index >= 15 is 0 Å². The van der Waals surface area contributed by atoms with Crippen molar-refractivity contribution in [2.24, 2.45) is 29.1 Å². The molecule has 7 atom stereocenters. The number of aliphatic hydroxyl groups excluding tert-OH is 1. The van der Waals surface area contributed by atoms with Crippen LogP contribution in [0.15, 0.2) is 23.8 Å². The molecule has 5 heteroatoms. The molecule has 4 unspecified atom stereocenters. The highest BCUT2D eigenvalue weighted by molar-refractivity contribution is 5.76. The number of cyclic esters (lactones) is 1. The number of aliphatic hydroxyl groups is 1. The van der Waals surface area contributed by atoms with Gasteiger partial charge in [0.15, 0.2) is 0 Å². The Labute approximate surface area is 180 Å². The Kier molecular flexibility index (Phi) is 7.11. The molecule has 1 heterocycles.